The average molecular weight is 187 g/mol. The molecule has 0 unspecified atom stereocenters. The number of rotatable bonds is 2. The summed E-state index contributed by atoms with van der Waals surface area (Å²) in [5, 5.41) is 0. The van der Waals surface area contributed by atoms with Gasteiger partial charge in [0.1, 0.15) is 5.82 Å². The lowest BCUT2D eigenvalue weighted by atomic mass is 10.2. The second kappa shape index (κ2) is 3.41. The quantitative estimate of drug-likeness (QED) is 0.726. The molecule has 0 saturated heterocycles. The second-order valence-electron chi connectivity index (χ2n) is 2.94. The first-order chi connectivity index (χ1) is 6.81. The molecule has 70 valence electrons. The van der Waals surface area contributed by atoms with E-state index in [-0.39, 0.29) is 0 Å². The molecular formula is C10H9N3O. The molecule has 0 spiro atoms. The van der Waals surface area contributed by atoms with Crippen molar-refractivity contribution in [3.63, 3.8) is 0 Å². The zero-order chi connectivity index (χ0) is 9.97. The highest BCUT2D eigenvalue weighted by atomic mass is 16.1. The van der Waals surface area contributed by atoms with E-state index in [1.807, 2.05) is 19.1 Å². The van der Waals surface area contributed by atoms with Crippen molar-refractivity contribution >= 4 is 6.29 Å². The molecule has 0 atom stereocenters. The van der Waals surface area contributed by atoms with Gasteiger partial charge in [-0.3, -0.25) is 9.78 Å². The number of imidazole rings is 1. The van der Waals surface area contributed by atoms with Crippen molar-refractivity contribution < 1.29 is 4.79 Å². The van der Waals surface area contributed by atoms with Crippen molar-refractivity contribution in [1.29, 1.82) is 0 Å². The minimum absolute atomic E-state index is 0.475. The number of nitrogens with zero attached hydrogens (tertiary/aromatic N) is 2. The normalized spacial score (nSPS) is 10.1. The molecule has 4 nitrogen and oxygen atoms in total. The maximum atomic E-state index is 10.4. The van der Waals surface area contributed by atoms with Crippen molar-refractivity contribution in [3.05, 3.63) is 35.9 Å². The van der Waals surface area contributed by atoms with Gasteiger partial charge in [0.15, 0.2) is 6.29 Å². The lowest BCUT2D eigenvalue weighted by Gasteiger charge is -1.99. The smallest absolute Gasteiger partial charge is 0.167 e. The highest BCUT2D eigenvalue weighted by molar-refractivity contribution is 5.73. The molecule has 1 N–H and O–H groups in total. The molecule has 0 amide bonds. The van der Waals surface area contributed by atoms with Gasteiger partial charge in [0.05, 0.1) is 11.9 Å². The molecule has 0 aliphatic carbocycles. The lowest BCUT2D eigenvalue weighted by Crippen LogP contribution is -1.88. The first-order valence-corrected chi connectivity index (χ1v) is 4.23. The van der Waals surface area contributed by atoms with E-state index < -0.39 is 0 Å². The summed E-state index contributed by atoms with van der Waals surface area (Å²) >= 11 is 0. The highest BCUT2D eigenvalue weighted by Crippen LogP contribution is 2.17. The van der Waals surface area contributed by atoms with Crippen LogP contribution in [-0.2, 0) is 0 Å². The number of aromatic amines is 1. The van der Waals surface area contributed by atoms with Gasteiger partial charge in [0, 0.05) is 17.5 Å². The van der Waals surface area contributed by atoms with Gasteiger partial charge >= 0.3 is 0 Å². The lowest BCUT2D eigenvalue weighted by molar-refractivity contribution is 0.111. The molecule has 2 aromatic heterocycles. The van der Waals surface area contributed by atoms with E-state index in [0.717, 1.165) is 17.5 Å². The monoisotopic (exact) mass is 187 g/mol. The summed E-state index contributed by atoms with van der Waals surface area (Å²) in [6.07, 6.45) is 3.97. The number of carbonyl (C=O) groups is 1. The summed E-state index contributed by atoms with van der Waals surface area (Å²) in [5.41, 5.74) is 2.28. The number of nitrogens with one attached hydrogen (secondary N) is 1. The predicted molar refractivity (Wildman–Crippen MR) is 51.9 cm³/mol. The van der Waals surface area contributed by atoms with E-state index in [2.05, 4.69) is 15.0 Å². The molecule has 0 radical (unpaired) electrons. The molecular weight excluding hydrogens is 178 g/mol. The summed E-state index contributed by atoms with van der Waals surface area (Å²) < 4.78 is 0. The third-order valence-electron chi connectivity index (χ3n) is 1.98. The zero-order valence-electron chi connectivity index (χ0n) is 7.69. The summed E-state index contributed by atoms with van der Waals surface area (Å²) in [7, 11) is 0. The van der Waals surface area contributed by atoms with Gasteiger partial charge < -0.3 is 4.98 Å². The van der Waals surface area contributed by atoms with Crippen LogP contribution >= 0.6 is 0 Å². The predicted octanol–water partition coefficient (Wildman–Crippen LogP) is 1.59. The van der Waals surface area contributed by atoms with E-state index in [1.165, 1.54) is 6.20 Å². The van der Waals surface area contributed by atoms with Gasteiger partial charge in [0.2, 0.25) is 0 Å². The summed E-state index contributed by atoms with van der Waals surface area (Å²) in [6, 6.07) is 3.75. The van der Waals surface area contributed by atoms with Crippen LogP contribution in [0.1, 0.15) is 16.2 Å². The van der Waals surface area contributed by atoms with Crippen molar-refractivity contribution in [2.24, 2.45) is 0 Å². The molecule has 2 rings (SSSR count). The molecule has 0 aliphatic heterocycles. The van der Waals surface area contributed by atoms with Crippen LogP contribution in [0.5, 0.6) is 0 Å². The maximum absolute atomic E-state index is 10.4. The Morgan fingerprint density at radius 3 is 2.93 bits per heavy atom. The number of aldehydes is 1. The van der Waals surface area contributed by atoms with E-state index in [4.69, 9.17) is 0 Å². The molecule has 0 aliphatic rings. The van der Waals surface area contributed by atoms with Crippen LogP contribution in [0.25, 0.3) is 11.4 Å². The van der Waals surface area contributed by atoms with Gasteiger partial charge in [-0.2, -0.15) is 0 Å². The number of pyridine rings is 1. The summed E-state index contributed by atoms with van der Waals surface area (Å²) in [4.78, 5) is 21.6. The Balaban J connectivity index is 2.49. The largest absolute Gasteiger partial charge is 0.336 e. The third kappa shape index (κ3) is 1.42. The van der Waals surface area contributed by atoms with Gasteiger partial charge in [0.25, 0.3) is 0 Å². The van der Waals surface area contributed by atoms with E-state index >= 15 is 0 Å². The Hall–Kier alpha value is -1.97. The Labute approximate surface area is 81.0 Å². The molecule has 4 heteroatoms. The van der Waals surface area contributed by atoms with E-state index in [0.29, 0.717) is 11.5 Å². The van der Waals surface area contributed by atoms with Crippen LogP contribution in [0.15, 0.2) is 24.5 Å². The number of hydrogen-bond acceptors (Lipinski definition) is 3. The summed E-state index contributed by atoms with van der Waals surface area (Å²) in [5.74, 6) is 0.678. The van der Waals surface area contributed by atoms with Crippen LogP contribution in [0.4, 0.5) is 0 Å². The van der Waals surface area contributed by atoms with Gasteiger partial charge in [-0.1, -0.05) is 0 Å². The number of aryl methyl sites for hydroxylation is 1. The Bertz CT molecular complexity index is 462. The standard InChI is InChI=1S/C10H9N3O/c1-7-9(3-2-4-11-7)10-12-5-8(6-14)13-10/h2-6H,1H3,(H,12,13). The first-order valence-electron chi connectivity index (χ1n) is 4.23. The average Bonchev–Trinajstić information content (AvgIpc) is 2.67. The first kappa shape index (κ1) is 8.62. The minimum atomic E-state index is 0.475. The van der Waals surface area contributed by atoms with Crippen molar-refractivity contribution in [2.75, 3.05) is 0 Å². The molecule has 2 aromatic rings. The van der Waals surface area contributed by atoms with Crippen molar-refractivity contribution in [2.45, 2.75) is 6.92 Å². The van der Waals surface area contributed by atoms with E-state index in [9.17, 15) is 4.79 Å². The fraction of sp³-hybridized carbons (Fsp3) is 0.100. The van der Waals surface area contributed by atoms with Crippen LogP contribution < -0.4 is 0 Å². The van der Waals surface area contributed by atoms with E-state index in [1.54, 1.807) is 6.20 Å². The molecule has 0 aromatic carbocycles. The minimum Gasteiger partial charge on any atom is -0.336 e. The highest BCUT2D eigenvalue weighted by Gasteiger charge is 2.05. The van der Waals surface area contributed by atoms with Crippen LogP contribution in [0.2, 0.25) is 0 Å². The topological polar surface area (TPSA) is 58.6 Å². The van der Waals surface area contributed by atoms with Crippen LogP contribution in [-0.4, -0.2) is 21.2 Å². The molecule has 0 saturated carbocycles. The van der Waals surface area contributed by atoms with Crippen LogP contribution in [0.3, 0.4) is 0 Å². The fourth-order valence-corrected chi connectivity index (χ4v) is 1.27. The SMILES string of the molecule is Cc1ncccc1-c1ncc(C=O)[nH]1. The number of H-pyrrole nitrogens is 1. The van der Waals surface area contributed by atoms with Crippen molar-refractivity contribution in [1.82, 2.24) is 15.0 Å². The van der Waals surface area contributed by atoms with Gasteiger partial charge in [-0.05, 0) is 19.1 Å². The van der Waals surface area contributed by atoms with Gasteiger partial charge in [-0.15, -0.1) is 0 Å². The Morgan fingerprint density at radius 2 is 2.29 bits per heavy atom. The van der Waals surface area contributed by atoms with Gasteiger partial charge in [-0.25, -0.2) is 4.98 Å². The number of hydrogen-bond donors (Lipinski definition) is 1. The fourth-order valence-electron chi connectivity index (χ4n) is 1.27. The second-order valence-corrected chi connectivity index (χ2v) is 2.94. The number of aromatic nitrogens is 3. The Morgan fingerprint density at radius 1 is 1.43 bits per heavy atom. The number of carbonyl (C=O) groups excluding carboxylic acids is 1. The third-order valence-corrected chi connectivity index (χ3v) is 1.98. The molecule has 0 bridgehead atoms. The van der Waals surface area contributed by atoms with Crippen molar-refractivity contribution in [3.8, 4) is 11.4 Å². The molecule has 2 heterocycles. The Kier molecular flexibility index (Phi) is 2.10. The maximum Gasteiger partial charge on any atom is 0.167 e. The summed E-state index contributed by atoms with van der Waals surface area (Å²) in [6.45, 7) is 1.90. The molecule has 0 fully saturated rings. The zero-order valence-corrected chi connectivity index (χ0v) is 7.69. The van der Waals surface area contributed by atoms with Crippen LogP contribution in [0, 0.1) is 6.92 Å². The molecule has 14 heavy (non-hydrogen) atoms.